The fraction of sp³-hybridized carbons (Fsp3) is 0.935. The number of ether oxygens (including phenoxy) is 2. The number of hydrogen-bond donors (Lipinski definition) is 0. The Kier molecular flexibility index (Phi) is 26.7. The van der Waals surface area contributed by atoms with E-state index in [1.54, 1.807) is 0 Å². The van der Waals surface area contributed by atoms with E-state index in [0.717, 1.165) is 32.1 Å². The van der Waals surface area contributed by atoms with Crippen molar-refractivity contribution in [3.8, 4) is 0 Å². The van der Waals surface area contributed by atoms with Crippen LogP contribution in [0.5, 0.6) is 0 Å². The first kappa shape index (κ1) is 33.9. The lowest BCUT2D eigenvalue weighted by molar-refractivity contribution is -0.154. The number of unbranched alkanes of at least 4 members (excludes halogenated alkanes) is 20. The molecule has 0 aliphatic heterocycles. The monoisotopic (exact) mass is 496 g/mol. The molecule has 0 fully saturated rings. The molecule has 4 nitrogen and oxygen atoms in total. The van der Waals surface area contributed by atoms with Crippen LogP contribution in [0, 0.1) is 0 Å². The van der Waals surface area contributed by atoms with Crippen LogP contribution in [0.4, 0.5) is 0 Å². The van der Waals surface area contributed by atoms with E-state index < -0.39 is 0 Å². The zero-order chi connectivity index (χ0) is 25.8. The first-order chi connectivity index (χ1) is 17.1. The van der Waals surface area contributed by atoms with Crippen LogP contribution in [-0.2, 0) is 19.1 Å². The second kappa shape index (κ2) is 27.5. The lowest BCUT2D eigenvalue weighted by Gasteiger charge is -2.17. The third-order valence-corrected chi connectivity index (χ3v) is 7.03. The maximum absolute atomic E-state index is 12.3. The molecule has 0 aromatic rings. The first-order valence-electron chi connectivity index (χ1n) is 15.4. The minimum absolute atomic E-state index is 0.155. The molecule has 0 saturated carbocycles. The average molecular weight is 497 g/mol. The summed E-state index contributed by atoms with van der Waals surface area (Å²) in [6, 6.07) is 0. The molecule has 0 bridgehead atoms. The fourth-order valence-corrected chi connectivity index (χ4v) is 4.69. The van der Waals surface area contributed by atoms with Gasteiger partial charge < -0.3 is 9.47 Å². The van der Waals surface area contributed by atoms with Crippen LogP contribution in [-0.4, -0.2) is 25.2 Å². The van der Waals surface area contributed by atoms with Gasteiger partial charge in [-0.2, -0.15) is 0 Å². The maximum Gasteiger partial charge on any atom is 0.309 e. The van der Waals surface area contributed by atoms with Crippen LogP contribution in [0.1, 0.15) is 174 Å². The van der Waals surface area contributed by atoms with Gasteiger partial charge in [0, 0.05) is 6.42 Å². The summed E-state index contributed by atoms with van der Waals surface area (Å²) in [6.07, 6.45) is 29.2. The predicted octanol–water partition coefficient (Wildman–Crippen LogP) is 9.86. The van der Waals surface area contributed by atoms with E-state index in [2.05, 4.69) is 13.8 Å². The molecule has 1 atom stereocenters. The van der Waals surface area contributed by atoms with Crippen LogP contribution in [0.3, 0.4) is 0 Å². The summed E-state index contributed by atoms with van der Waals surface area (Å²) < 4.78 is 10.5. The van der Waals surface area contributed by atoms with Gasteiger partial charge in [-0.15, -0.1) is 0 Å². The van der Waals surface area contributed by atoms with Crippen molar-refractivity contribution in [2.45, 2.75) is 180 Å². The van der Waals surface area contributed by atoms with Gasteiger partial charge in [0.15, 0.2) is 0 Å². The van der Waals surface area contributed by atoms with Crippen molar-refractivity contribution < 1.29 is 19.1 Å². The molecule has 0 aliphatic rings. The molecule has 0 spiro atoms. The van der Waals surface area contributed by atoms with Gasteiger partial charge in [-0.05, 0) is 19.3 Å². The van der Waals surface area contributed by atoms with Crippen molar-refractivity contribution in [2.75, 3.05) is 7.11 Å². The molecule has 0 aliphatic carbocycles. The third-order valence-electron chi connectivity index (χ3n) is 7.03. The molecular formula is C31H60O4. The van der Waals surface area contributed by atoms with Crippen molar-refractivity contribution >= 4 is 11.9 Å². The Morgan fingerprint density at radius 1 is 0.514 bits per heavy atom. The molecule has 4 heteroatoms. The topological polar surface area (TPSA) is 52.6 Å². The van der Waals surface area contributed by atoms with Crippen molar-refractivity contribution in [3.05, 3.63) is 0 Å². The van der Waals surface area contributed by atoms with Gasteiger partial charge in [0.05, 0.1) is 13.5 Å². The second-order valence-electron chi connectivity index (χ2n) is 10.5. The van der Waals surface area contributed by atoms with Gasteiger partial charge >= 0.3 is 11.9 Å². The summed E-state index contributed by atoms with van der Waals surface area (Å²) in [6.45, 7) is 4.52. The number of carbonyl (C=O) groups is 2. The second-order valence-corrected chi connectivity index (χ2v) is 10.5. The van der Waals surface area contributed by atoms with Gasteiger partial charge in [-0.25, -0.2) is 0 Å². The third kappa shape index (κ3) is 25.8. The highest BCUT2D eigenvalue weighted by molar-refractivity contribution is 5.72. The highest BCUT2D eigenvalue weighted by Gasteiger charge is 2.18. The van der Waals surface area contributed by atoms with Gasteiger partial charge in [-0.3, -0.25) is 9.59 Å². The predicted molar refractivity (Wildman–Crippen MR) is 149 cm³/mol. The minimum Gasteiger partial charge on any atom is -0.469 e. The van der Waals surface area contributed by atoms with E-state index in [9.17, 15) is 9.59 Å². The smallest absolute Gasteiger partial charge is 0.309 e. The molecule has 1 unspecified atom stereocenters. The number of rotatable bonds is 27. The lowest BCUT2D eigenvalue weighted by Crippen LogP contribution is -2.22. The van der Waals surface area contributed by atoms with E-state index in [1.807, 2.05) is 0 Å². The Balaban J connectivity index is 3.81. The van der Waals surface area contributed by atoms with Crippen molar-refractivity contribution in [1.82, 2.24) is 0 Å². The summed E-state index contributed by atoms with van der Waals surface area (Å²) in [4.78, 5) is 24.1. The van der Waals surface area contributed by atoms with Gasteiger partial charge in [0.25, 0.3) is 0 Å². The van der Waals surface area contributed by atoms with Crippen LogP contribution < -0.4 is 0 Å². The Morgan fingerprint density at radius 2 is 0.886 bits per heavy atom. The number of esters is 2. The highest BCUT2D eigenvalue weighted by Crippen LogP contribution is 2.17. The average Bonchev–Trinajstić information content (AvgIpc) is 2.85. The highest BCUT2D eigenvalue weighted by atomic mass is 16.6. The van der Waals surface area contributed by atoms with E-state index in [1.165, 1.54) is 123 Å². The largest absolute Gasteiger partial charge is 0.469 e. The molecule has 0 rings (SSSR count). The molecule has 35 heavy (non-hydrogen) atoms. The quantitative estimate of drug-likeness (QED) is 0.0838. The fourth-order valence-electron chi connectivity index (χ4n) is 4.69. The van der Waals surface area contributed by atoms with E-state index in [4.69, 9.17) is 9.47 Å². The van der Waals surface area contributed by atoms with Crippen molar-refractivity contribution in [3.63, 3.8) is 0 Å². The Hall–Kier alpha value is -1.06. The standard InChI is InChI=1S/C31H60O4/c1-4-6-8-10-12-14-16-18-20-22-24-26-29(28-31(33)34-3)35-30(32)27-25-23-21-19-17-15-13-11-9-7-5-2/h29H,4-28H2,1-3H3. The minimum atomic E-state index is -0.332. The Bertz CT molecular complexity index is 463. The number of methoxy groups -OCH3 is 1. The summed E-state index contributed by atoms with van der Waals surface area (Å²) in [5.74, 6) is -0.446. The SMILES string of the molecule is CCCCCCCCCCCCCC(=O)OC(CCCCCCCCCCCCC)CC(=O)OC. The van der Waals surface area contributed by atoms with E-state index in [-0.39, 0.29) is 24.5 Å². The molecular weight excluding hydrogens is 436 g/mol. The molecule has 208 valence electrons. The summed E-state index contributed by atoms with van der Waals surface area (Å²) >= 11 is 0. The summed E-state index contributed by atoms with van der Waals surface area (Å²) in [7, 11) is 1.40. The van der Waals surface area contributed by atoms with Gasteiger partial charge in [0.2, 0.25) is 0 Å². The molecule has 0 heterocycles. The number of carbonyl (C=O) groups excluding carboxylic acids is 2. The normalized spacial score (nSPS) is 12.0. The molecule has 0 N–H and O–H groups in total. The van der Waals surface area contributed by atoms with Crippen LogP contribution in [0.25, 0.3) is 0 Å². The molecule has 0 aromatic heterocycles. The molecule has 0 aromatic carbocycles. The van der Waals surface area contributed by atoms with Crippen molar-refractivity contribution in [2.24, 2.45) is 0 Å². The van der Waals surface area contributed by atoms with E-state index in [0.29, 0.717) is 6.42 Å². The summed E-state index contributed by atoms with van der Waals surface area (Å²) in [5.41, 5.74) is 0. The molecule has 0 saturated heterocycles. The zero-order valence-corrected chi connectivity index (χ0v) is 23.9. The Morgan fingerprint density at radius 3 is 1.29 bits per heavy atom. The molecule has 0 amide bonds. The Labute approximate surface area is 218 Å². The molecule has 0 radical (unpaired) electrons. The van der Waals surface area contributed by atoms with Crippen LogP contribution in [0.2, 0.25) is 0 Å². The first-order valence-corrected chi connectivity index (χ1v) is 15.4. The van der Waals surface area contributed by atoms with Gasteiger partial charge in [-0.1, -0.05) is 142 Å². The van der Waals surface area contributed by atoms with Crippen LogP contribution >= 0.6 is 0 Å². The summed E-state index contributed by atoms with van der Waals surface area (Å²) in [5, 5.41) is 0. The van der Waals surface area contributed by atoms with E-state index >= 15 is 0 Å². The van der Waals surface area contributed by atoms with Crippen molar-refractivity contribution in [1.29, 1.82) is 0 Å². The van der Waals surface area contributed by atoms with Crippen LogP contribution in [0.15, 0.2) is 0 Å². The number of hydrogen-bond acceptors (Lipinski definition) is 4. The maximum atomic E-state index is 12.3. The van der Waals surface area contributed by atoms with Gasteiger partial charge in [0.1, 0.15) is 6.10 Å². The lowest BCUT2D eigenvalue weighted by atomic mass is 10.0. The zero-order valence-electron chi connectivity index (χ0n) is 23.9.